The first-order valence-electron chi connectivity index (χ1n) is 6.71. The van der Waals surface area contributed by atoms with Crippen molar-refractivity contribution < 1.29 is 4.39 Å². The number of rotatable bonds is 3. The molecule has 2 aromatic heterocycles. The van der Waals surface area contributed by atoms with Crippen molar-refractivity contribution in [3.8, 4) is 0 Å². The lowest BCUT2D eigenvalue weighted by atomic mass is 10.1. The Morgan fingerprint density at radius 2 is 2.37 bits per heavy atom. The lowest BCUT2D eigenvalue weighted by Crippen LogP contribution is -2.25. The molecule has 0 aliphatic carbocycles. The summed E-state index contributed by atoms with van der Waals surface area (Å²) in [6, 6.07) is 5.40. The molecule has 0 radical (unpaired) electrons. The van der Waals surface area contributed by atoms with E-state index in [4.69, 9.17) is 0 Å². The van der Waals surface area contributed by atoms with E-state index in [0.29, 0.717) is 0 Å². The third kappa shape index (κ3) is 2.32. The van der Waals surface area contributed by atoms with Gasteiger partial charge in [-0.3, -0.25) is 4.98 Å². The molecular formula is C14H17FN4. The standard InChI is InChI=1S/C14H17FN4/c1-2-3-11-8-14-16-7-6-13(19(14)18-11)12-5-4-10(15)9-17-12/h4-5,8-9,13,16H,2-3,6-7H2,1H3. The smallest absolute Gasteiger partial charge is 0.141 e. The van der Waals surface area contributed by atoms with Crippen molar-refractivity contribution in [2.24, 2.45) is 0 Å². The molecule has 3 rings (SSSR count). The number of nitrogens with zero attached hydrogens (tertiary/aromatic N) is 3. The van der Waals surface area contributed by atoms with Crippen LogP contribution in [0.5, 0.6) is 0 Å². The van der Waals surface area contributed by atoms with Crippen LogP contribution in [0.1, 0.15) is 37.2 Å². The van der Waals surface area contributed by atoms with Gasteiger partial charge in [0.2, 0.25) is 0 Å². The highest BCUT2D eigenvalue weighted by Crippen LogP contribution is 2.29. The van der Waals surface area contributed by atoms with Crippen LogP contribution in [0, 0.1) is 5.82 Å². The Morgan fingerprint density at radius 1 is 1.47 bits per heavy atom. The Balaban J connectivity index is 1.95. The molecule has 1 unspecified atom stereocenters. The lowest BCUT2D eigenvalue weighted by molar-refractivity contribution is 0.466. The van der Waals surface area contributed by atoms with E-state index >= 15 is 0 Å². The average molecular weight is 260 g/mol. The number of halogens is 1. The van der Waals surface area contributed by atoms with Gasteiger partial charge >= 0.3 is 0 Å². The van der Waals surface area contributed by atoms with Gasteiger partial charge in [-0.05, 0) is 25.0 Å². The summed E-state index contributed by atoms with van der Waals surface area (Å²) in [5.74, 6) is 0.732. The van der Waals surface area contributed by atoms with Crippen LogP contribution >= 0.6 is 0 Å². The highest BCUT2D eigenvalue weighted by atomic mass is 19.1. The molecule has 1 aliphatic rings. The summed E-state index contributed by atoms with van der Waals surface area (Å²) in [5, 5.41) is 7.99. The van der Waals surface area contributed by atoms with Crippen molar-refractivity contribution in [3.63, 3.8) is 0 Å². The van der Waals surface area contributed by atoms with Crippen molar-refractivity contribution in [2.75, 3.05) is 11.9 Å². The molecule has 5 heteroatoms. The molecule has 4 nitrogen and oxygen atoms in total. The monoisotopic (exact) mass is 260 g/mol. The summed E-state index contributed by atoms with van der Waals surface area (Å²) in [5.41, 5.74) is 1.97. The van der Waals surface area contributed by atoms with Gasteiger partial charge < -0.3 is 5.32 Å². The number of hydrogen-bond donors (Lipinski definition) is 1. The minimum Gasteiger partial charge on any atom is -0.370 e. The fraction of sp³-hybridized carbons (Fsp3) is 0.429. The number of hydrogen-bond acceptors (Lipinski definition) is 3. The Kier molecular flexibility index (Phi) is 3.19. The topological polar surface area (TPSA) is 42.7 Å². The van der Waals surface area contributed by atoms with E-state index in [0.717, 1.165) is 43.0 Å². The Morgan fingerprint density at radius 3 is 3.11 bits per heavy atom. The second kappa shape index (κ2) is 4.99. The van der Waals surface area contributed by atoms with Crippen molar-refractivity contribution >= 4 is 5.82 Å². The maximum Gasteiger partial charge on any atom is 0.141 e. The van der Waals surface area contributed by atoms with Crippen LogP contribution < -0.4 is 5.32 Å². The van der Waals surface area contributed by atoms with Crippen LogP contribution in [0.25, 0.3) is 0 Å². The van der Waals surface area contributed by atoms with Gasteiger partial charge in [0.1, 0.15) is 11.6 Å². The zero-order chi connectivity index (χ0) is 13.2. The number of aryl methyl sites for hydroxylation is 1. The van der Waals surface area contributed by atoms with Gasteiger partial charge in [-0.25, -0.2) is 9.07 Å². The second-order valence-corrected chi connectivity index (χ2v) is 4.85. The largest absolute Gasteiger partial charge is 0.370 e. The lowest BCUT2D eigenvalue weighted by Gasteiger charge is -2.25. The number of anilines is 1. The summed E-state index contributed by atoms with van der Waals surface area (Å²) in [6.07, 6.45) is 4.24. The van der Waals surface area contributed by atoms with Crippen LogP contribution in [-0.2, 0) is 6.42 Å². The fourth-order valence-corrected chi connectivity index (χ4v) is 2.51. The number of fused-ring (bicyclic) bond motifs is 1. The average Bonchev–Trinajstić information content (AvgIpc) is 2.82. The molecule has 1 aliphatic heterocycles. The molecule has 0 saturated carbocycles. The first-order valence-corrected chi connectivity index (χ1v) is 6.71. The van der Waals surface area contributed by atoms with Gasteiger partial charge in [-0.1, -0.05) is 13.3 Å². The van der Waals surface area contributed by atoms with E-state index < -0.39 is 0 Å². The van der Waals surface area contributed by atoms with Crippen molar-refractivity contribution in [1.29, 1.82) is 0 Å². The van der Waals surface area contributed by atoms with E-state index in [-0.39, 0.29) is 11.9 Å². The molecule has 100 valence electrons. The molecule has 2 aromatic rings. The normalized spacial score (nSPS) is 17.9. The van der Waals surface area contributed by atoms with Gasteiger partial charge in [0, 0.05) is 12.6 Å². The van der Waals surface area contributed by atoms with Crippen LogP contribution in [0.15, 0.2) is 24.4 Å². The highest BCUT2D eigenvalue weighted by molar-refractivity contribution is 5.40. The number of pyridine rings is 1. The first kappa shape index (κ1) is 12.1. The maximum atomic E-state index is 13.0. The fourth-order valence-electron chi connectivity index (χ4n) is 2.51. The number of nitrogens with one attached hydrogen (secondary N) is 1. The third-order valence-corrected chi connectivity index (χ3v) is 3.40. The molecule has 0 amide bonds. The van der Waals surface area contributed by atoms with Crippen LogP contribution in [0.2, 0.25) is 0 Å². The Bertz CT molecular complexity index is 561. The quantitative estimate of drug-likeness (QED) is 0.922. The molecule has 19 heavy (non-hydrogen) atoms. The summed E-state index contributed by atoms with van der Waals surface area (Å²) < 4.78 is 14.9. The Labute approximate surface area is 111 Å². The van der Waals surface area contributed by atoms with Gasteiger partial charge in [-0.2, -0.15) is 5.10 Å². The predicted octanol–water partition coefficient (Wildman–Crippen LogP) is 2.77. The molecule has 1 atom stereocenters. The summed E-state index contributed by atoms with van der Waals surface area (Å²) >= 11 is 0. The zero-order valence-electron chi connectivity index (χ0n) is 10.9. The summed E-state index contributed by atoms with van der Waals surface area (Å²) in [6.45, 7) is 3.03. The summed E-state index contributed by atoms with van der Waals surface area (Å²) in [4.78, 5) is 4.19. The van der Waals surface area contributed by atoms with Crippen molar-refractivity contribution in [3.05, 3.63) is 41.6 Å². The Hall–Kier alpha value is -1.91. The van der Waals surface area contributed by atoms with Gasteiger partial charge in [0.25, 0.3) is 0 Å². The van der Waals surface area contributed by atoms with E-state index in [9.17, 15) is 4.39 Å². The maximum absolute atomic E-state index is 13.0. The molecule has 0 aromatic carbocycles. The van der Waals surface area contributed by atoms with Gasteiger partial charge in [0.15, 0.2) is 0 Å². The minimum absolute atomic E-state index is 0.0995. The minimum atomic E-state index is -0.301. The van der Waals surface area contributed by atoms with Gasteiger partial charge in [0.05, 0.1) is 23.6 Å². The first-order chi connectivity index (χ1) is 9.28. The third-order valence-electron chi connectivity index (χ3n) is 3.40. The van der Waals surface area contributed by atoms with Crippen LogP contribution in [0.3, 0.4) is 0 Å². The van der Waals surface area contributed by atoms with E-state index in [1.165, 1.54) is 12.3 Å². The SMILES string of the molecule is CCCc1cc2n(n1)C(c1ccc(F)cn1)CCN2. The summed E-state index contributed by atoms with van der Waals surface area (Å²) in [7, 11) is 0. The molecule has 0 saturated heterocycles. The molecular weight excluding hydrogens is 243 g/mol. The molecule has 0 spiro atoms. The van der Waals surface area contributed by atoms with Crippen LogP contribution in [0.4, 0.5) is 10.2 Å². The molecule has 0 fully saturated rings. The molecule has 1 N–H and O–H groups in total. The van der Waals surface area contributed by atoms with Crippen LogP contribution in [-0.4, -0.2) is 21.3 Å². The van der Waals surface area contributed by atoms with Crippen molar-refractivity contribution in [2.45, 2.75) is 32.2 Å². The zero-order valence-corrected chi connectivity index (χ0v) is 10.9. The van der Waals surface area contributed by atoms with Gasteiger partial charge in [-0.15, -0.1) is 0 Å². The van der Waals surface area contributed by atoms with Crippen molar-refractivity contribution in [1.82, 2.24) is 14.8 Å². The van der Waals surface area contributed by atoms with E-state index in [1.54, 1.807) is 6.07 Å². The molecule has 3 heterocycles. The van der Waals surface area contributed by atoms with E-state index in [1.807, 2.05) is 4.68 Å². The second-order valence-electron chi connectivity index (χ2n) is 4.85. The highest BCUT2D eigenvalue weighted by Gasteiger charge is 2.23. The molecule has 0 bridgehead atoms. The predicted molar refractivity (Wildman–Crippen MR) is 71.7 cm³/mol. The number of aromatic nitrogens is 3. The van der Waals surface area contributed by atoms with E-state index in [2.05, 4.69) is 28.4 Å².